The second kappa shape index (κ2) is 7.85. The molecule has 1 aliphatic heterocycles. The quantitative estimate of drug-likeness (QED) is 0.810. The van der Waals surface area contributed by atoms with E-state index in [0.29, 0.717) is 12.5 Å². The van der Waals surface area contributed by atoms with Crippen molar-refractivity contribution in [3.63, 3.8) is 0 Å². The maximum absolute atomic E-state index is 12.9. The van der Waals surface area contributed by atoms with Crippen molar-refractivity contribution in [2.24, 2.45) is 7.05 Å². The van der Waals surface area contributed by atoms with E-state index in [1.807, 2.05) is 37.4 Å². The zero-order valence-corrected chi connectivity index (χ0v) is 15.6. The van der Waals surface area contributed by atoms with Gasteiger partial charge in [-0.3, -0.25) is 9.48 Å². The Kier molecular flexibility index (Phi) is 5.56. The summed E-state index contributed by atoms with van der Waals surface area (Å²) >= 11 is 0. The van der Waals surface area contributed by atoms with E-state index in [-0.39, 0.29) is 5.91 Å². The van der Waals surface area contributed by atoms with Crippen molar-refractivity contribution < 1.29 is 4.79 Å². The Hall–Kier alpha value is -2.11. The van der Waals surface area contributed by atoms with Gasteiger partial charge in [-0.05, 0) is 51.5 Å². The van der Waals surface area contributed by atoms with E-state index in [1.165, 1.54) is 17.7 Å². The molecule has 136 valence electrons. The van der Waals surface area contributed by atoms with Crippen LogP contribution in [0.1, 0.15) is 49.1 Å². The second-order valence-corrected chi connectivity index (χ2v) is 7.10. The van der Waals surface area contributed by atoms with Gasteiger partial charge < -0.3 is 9.47 Å². The topological polar surface area (TPSA) is 56.0 Å². The summed E-state index contributed by atoms with van der Waals surface area (Å²) in [4.78, 5) is 19.1. The van der Waals surface area contributed by atoms with Gasteiger partial charge in [-0.1, -0.05) is 0 Å². The summed E-state index contributed by atoms with van der Waals surface area (Å²) in [5, 5.41) is 4.46. The molecule has 0 N–H and O–H groups in total. The maximum Gasteiger partial charge on any atom is 0.223 e. The maximum atomic E-state index is 12.9. The van der Waals surface area contributed by atoms with Crippen LogP contribution < -0.4 is 0 Å². The highest BCUT2D eigenvalue weighted by molar-refractivity contribution is 5.77. The molecule has 0 unspecified atom stereocenters. The number of hydrogen-bond donors (Lipinski definition) is 0. The fourth-order valence-electron chi connectivity index (χ4n) is 3.90. The number of nitrogens with zero attached hydrogens (tertiary/aromatic N) is 5. The highest BCUT2D eigenvalue weighted by Crippen LogP contribution is 2.22. The van der Waals surface area contributed by atoms with Crippen molar-refractivity contribution in [3.05, 3.63) is 35.7 Å². The Balaban J connectivity index is 1.58. The van der Waals surface area contributed by atoms with Crippen LogP contribution in [0.5, 0.6) is 0 Å². The van der Waals surface area contributed by atoms with E-state index < -0.39 is 0 Å². The van der Waals surface area contributed by atoms with Crippen LogP contribution in [0.3, 0.4) is 0 Å². The first kappa shape index (κ1) is 17.7. The van der Waals surface area contributed by atoms with Crippen LogP contribution in [0.15, 0.2) is 18.7 Å². The van der Waals surface area contributed by atoms with E-state index in [1.54, 1.807) is 0 Å². The number of hydrogen-bond acceptors (Lipinski definition) is 3. The Labute approximate surface area is 149 Å². The molecular weight excluding hydrogens is 314 g/mol. The van der Waals surface area contributed by atoms with Gasteiger partial charge in [-0.15, -0.1) is 0 Å². The number of aryl methyl sites for hydroxylation is 3. The Morgan fingerprint density at radius 2 is 2.16 bits per heavy atom. The molecule has 0 aliphatic carbocycles. The molecule has 0 bridgehead atoms. The molecule has 0 radical (unpaired) electrons. The lowest BCUT2D eigenvalue weighted by molar-refractivity contribution is -0.135. The average molecular weight is 343 g/mol. The predicted molar refractivity (Wildman–Crippen MR) is 97.2 cm³/mol. The number of rotatable bonds is 6. The average Bonchev–Trinajstić information content (AvgIpc) is 3.21. The van der Waals surface area contributed by atoms with Gasteiger partial charge in [-0.2, -0.15) is 5.10 Å². The monoisotopic (exact) mass is 343 g/mol. The fourth-order valence-corrected chi connectivity index (χ4v) is 3.90. The first-order valence-corrected chi connectivity index (χ1v) is 9.30. The van der Waals surface area contributed by atoms with Crippen LogP contribution in [-0.2, 0) is 24.8 Å². The highest BCUT2D eigenvalue weighted by atomic mass is 16.2. The third kappa shape index (κ3) is 4.11. The minimum absolute atomic E-state index is 0.290. The summed E-state index contributed by atoms with van der Waals surface area (Å²) in [7, 11) is 1.96. The van der Waals surface area contributed by atoms with Gasteiger partial charge in [0.15, 0.2) is 0 Å². The highest BCUT2D eigenvalue weighted by Gasteiger charge is 2.26. The lowest BCUT2D eigenvalue weighted by Gasteiger charge is -2.36. The molecule has 25 heavy (non-hydrogen) atoms. The van der Waals surface area contributed by atoms with E-state index in [2.05, 4.69) is 26.5 Å². The molecule has 3 rings (SSSR count). The number of amides is 1. The van der Waals surface area contributed by atoms with Crippen LogP contribution >= 0.6 is 0 Å². The number of aromatic nitrogens is 4. The van der Waals surface area contributed by atoms with Gasteiger partial charge in [0.1, 0.15) is 0 Å². The normalized spacial score (nSPS) is 17.9. The molecule has 2 aromatic heterocycles. The van der Waals surface area contributed by atoms with Crippen molar-refractivity contribution >= 4 is 5.91 Å². The van der Waals surface area contributed by atoms with Crippen molar-refractivity contribution in [2.45, 2.75) is 65.0 Å². The molecule has 1 amide bonds. The Morgan fingerprint density at radius 1 is 1.32 bits per heavy atom. The number of carbonyl (C=O) groups is 1. The predicted octanol–water partition coefficient (Wildman–Crippen LogP) is 2.64. The third-order valence-electron chi connectivity index (χ3n) is 5.47. The first-order chi connectivity index (χ1) is 12.1. The van der Waals surface area contributed by atoms with Crippen LogP contribution in [-0.4, -0.2) is 42.7 Å². The molecule has 2 aromatic rings. The molecule has 1 aliphatic rings. The van der Waals surface area contributed by atoms with Crippen LogP contribution in [0.25, 0.3) is 0 Å². The van der Waals surface area contributed by atoms with Crippen molar-refractivity contribution in [1.82, 2.24) is 24.2 Å². The van der Waals surface area contributed by atoms with Crippen molar-refractivity contribution in [3.8, 4) is 0 Å². The summed E-state index contributed by atoms with van der Waals surface area (Å²) in [5.41, 5.74) is 3.44. The van der Waals surface area contributed by atoms with E-state index in [0.717, 1.165) is 44.5 Å². The minimum Gasteiger partial charge on any atom is -0.340 e. The second-order valence-electron chi connectivity index (χ2n) is 7.10. The molecule has 0 aromatic carbocycles. The lowest BCUT2D eigenvalue weighted by atomic mass is 9.98. The van der Waals surface area contributed by atoms with Crippen LogP contribution in [0, 0.1) is 13.8 Å². The molecule has 1 fully saturated rings. The van der Waals surface area contributed by atoms with Crippen LogP contribution in [0.2, 0.25) is 0 Å². The van der Waals surface area contributed by atoms with E-state index >= 15 is 0 Å². The zero-order chi connectivity index (χ0) is 17.8. The molecule has 6 heteroatoms. The standard InChI is InChI=1S/C19H29N5O/c1-15-18(16(2)22(3)21-15)7-8-19(25)24-11-5-4-6-17(24)9-12-23-13-10-20-14-23/h10,13-14,17H,4-9,11-12H2,1-3H3/t17-/m1/s1. The van der Waals surface area contributed by atoms with Crippen molar-refractivity contribution in [1.29, 1.82) is 0 Å². The number of carbonyl (C=O) groups excluding carboxylic acids is 1. The van der Waals surface area contributed by atoms with Gasteiger partial charge in [0.25, 0.3) is 0 Å². The SMILES string of the molecule is Cc1nn(C)c(C)c1CCC(=O)N1CCCC[C@@H]1CCn1ccnc1. The third-order valence-corrected chi connectivity index (χ3v) is 5.47. The molecule has 0 saturated carbocycles. The van der Waals surface area contributed by atoms with Gasteiger partial charge >= 0.3 is 0 Å². The molecule has 1 atom stereocenters. The zero-order valence-electron chi connectivity index (χ0n) is 15.6. The van der Waals surface area contributed by atoms with Gasteiger partial charge in [0, 0.05) is 50.7 Å². The lowest BCUT2D eigenvalue weighted by Crippen LogP contribution is -2.44. The van der Waals surface area contributed by atoms with E-state index in [4.69, 9.17) is 0 Å². The molecule has 1 saturated heterocycles. The molecule has 3 heterocycles. The van der Waals surface area contributed by atoms with Gasteiger partial charge in [-0.25, -0.2) is 4.98 Å². The summed E-state index contributed by atoms with van der Waals surface area (Å²) in [5.74, 6) is 0.290. The summed E-state index contributed by atoms with van der Waals surface area (Å²) in [6.07, 6.45) is 11.5. The van der Waals surface area contributed by atoms with Crippen molar-refractivity contribution in [2.75, 3.05) is 6.54 Å². The van der Waals surface area contributed by atoms with Gasteiger partial charge in [0.2, 0.25) is 5.91 Å². The van der Waals surface area contributed by atoms with Crippen LogP contribution in [0.4, 0.5) is 0 Å². The van der Waals surface area contributed by atoms with E-state index in [9.17, 15) is 4.79 Å². The van der Waals surface area contributed by atoms with Gasteiger partial charge in [0.05, 0.1) is 12.0 Å². The number of imidazole rings is 1. The summed E-state index contributed by atoms with van der Waals surface area (Å²) < 4.78 is 4.00. The number of likely N-dealkylation sites (tertiary alicyclic amines) is 1. The fraction of sp³-hybridized carbons (Fsp3) is 0.632. The smallest absolute Gasteiger partial charge is 0.223 e. The largest absolute Gasteiger partial charge is 0.340 e. The summed E-state index contributed by atoms with van der Waals surface area (Å²) in [6.45, 7) is 5.93. The minimum atomic E-state index is 0.290. The summed E-state index contributed by atoms with van der Waals surface area (Å²) in [6, 6.07) is 0.361. The Morgan fingerprint density at radius 3 is 2.84 bits per heavy atom. The first-order valence-electron chi connectivity index (χ1n) is 9.30. The molecule has 6 nitrogen and oxygen atoms in total. The Bertz CT molecular complexity index is 704. The molecular formula is C19H29N5O. The number of piperidine rings is 1. The molecule has 0 spiro atoms.